The molecule has 0 radical (unpaired) electrons. The minimum absolute atomic E-state index is 0.0258. The molecule has 0 aliphatic carbocycles. The maximum Gasteiger partial charge on any atom is 0.387 e. The Labute approximate surface area is 95.2 Å². The maximum atomic E-state index is 12.1. The van der Waals surface area contributed by atoms with E-state index in [-0.39, 0.29) is 16.1 Å². The zero-order valence-electron chi connectivity index (χ0n) is 8.13. The molecule has 0 heterocycles. The van der Waals surface area contributed by atoms with E-state index in [9.17, 15) is 13.6 Å². The Balaban J connectivity index is 3.44. The fraction of sp³-hybridized carbons (Fsp3) is 0.200. The van der Waals surface area contributed by atoms with Crippen LogP contribution < -0.4 is 4.74 Å². The first-order chi connectivity index (χ1) is 7.47. The fourth-order valence-electron chi connectivity index (χ4n) is 1.19. The van der Waals surface area contributed by atoms with E-state index < -0.39 is 18.1 Å². The lowest BCUT2D eigenvalue weighted by Gasteiger charge is -2.11. The van der Waals surface area contributed by atoms with Gasteiger partial charge in [-0.1, -0.05) is 11.6 Å². The van der Waals surface area contributed by atoms with E-state index in [4.69, 9.17) is 16.9 Å². The average molecular weight is 246 g/mol. The summed E-state index contributed by atoms with van der Waals surface area (Å²) in [5, 5.41) is 8.67. The molecule has 84 valence electrons. The number of ketones is 1. The molecule has 0 N–H and O–H groups in total. The second kappa shape index (κ2) is 4.90. The minimum Gasteiger partial charge on any atom is -0.433 e. The van der Waals surface area contributed by atoms with E-state index in [2.05, 4.69) is 4.74 Å². The zero-order valence-corrected chi connectivity index (χ0v) is 8.89. The van der Waals surface area contributed by atoms with Crippen LogP contribution in [0, 0.1) is 11.3 Å². The predicted molar refractivity (Wildman–Crippen MR) is 52.8 cm³/mol. The highest BCUT2D eigenvalue weighted by molar-refractivity contribution is 6.34. The third kappa shape index (κ3) is 2.47. The van der Waals surface area contributed by atoms with Gasteiger partial charge >= 0.3 is 6.61 Å². The molecular formula is C10H6ClF2NO2. The van der Waals surface area contributed by atoms with Crippen molar-refractivity contribution in [2.45, 2.75) is 13.5 Å². The van der Waals surface area contributed by atoms with Crippen LogP contribution in [0.4, 0.5) is 8.78 Å². The van der Waals surface area contributed by atoms with Gasteiger partial charge < -0.3 is 4.74 Å². The Kier molecular flexibility index (Phi) is 3.80. The highest BCUT2D eigenvalue weighted by Gasteiger charge is 2.20. The molecule has 0 aliphatic rings. The summed E-state index contributed by atoms with van der Waals surface area (Å²) >= 11 is 5.68. The largest absolute Gasteiger partial charge is 0.433 e. The first-order valence-corrected chi connectivity index (χ1v) is 4.53. The molecule has 3 nitrogen and oxygen atoms in total. The molecule has 6 heteroatoms. The molecule has 1 aromatic carbocycles. The third-order valence-electron chi connectivity index (χ3n) is 1.79. The zero-order chi connectivity index (χ0) is 12.3. The lowest BCUT2D eigenvalue weighted by molar-refractivity contribution is -0.0503. The van der Waals surface area contributed by atoms with Crippen LogP contribution in [0.25, 0.3) is 0 Å². The van der Waals surface area contributed by atoms with Crippen LogP contribution in [0.5, 0.6) is 5.75 Å². The number of alkyl halides is 2. The van der Waals surface area contributed by atoms with Crippen LogP contribution >= 0.6 is 11.6 Å². The predicted octanol–water partition coefficient (Wildman–Crippen LogP) is 3.02. The van der Waals surface area contributed by atoms with Gasteiger partial charge in [-0.3, -0.25) is 4.79 Å². The SMILES string of the molecule is CC(=O)c1c(Cl)ccc(C#N)c1OC(F)F. The topological polar surface area (TPSA) is 50.1 Å². The molecule has 0 saturated carbocycles. The number of nitrogens with zero attached hydrogens (tertiary/aromatic N) is 1. The van der Waals surface area contributed by atoms with E-state index in [1.54, 1.807) is 6.07 Å². The number of benzene rings is 1. The second-order valence-electron chi connectivity index (χ2n) is 2.85. The highest BCUT2D eigenvalue weighted by Crippen LogP contribution is 2.31. The quantitative estimate of drug-likeness (QED) is 0.769. The van der Waals surface area contributed by atoms with Crippen molar-refractivity contribution < 1.29 is 18.3 Å². The van der Waals surface area contributed by atoms with Crippen molar-refractivity contribution in [2.75, 3.05) is 0 Å². The minimum atomic E-state index is -3.12. The van der Waals surface area contributed by atoms with Crippen molar-refractivity contribution in [1.29, 1.82) is 5.26 Å². The van der Waals surface area contributed by atoms with Crippen molar-refractivity contribution in [2.24, 2.45) is 0 Å². The molecule has 0 spiro atoms. The van der Waals surface area contributed by atoms with Crippen LogP contribution in [0.1, 0.15) is 22.8 Å². The normalized spacial score (nSPS) is 10.0. The number of hydrogen-bond acceptors (Lipinski definition) is 3. The molecule has 0 aromatic heterocycles. The summed E-state index contributed by atoms with van der Waals surface area (Å²) in [5.41, 5.74) is -0.365. The summed E-state index contributed by atoms with van der Waals surface area (Å²) in [6.45, 7) is -1.97. The van der Waals surface area contributed by atoms with Crippen molar-refractivity contribution in [3.63, 3.8) is 0 Å². The number of Topliss-reactive ketones (excluding diaryl/α,β-unsaturated/α-hetero) is 1. The van der Waals surface area contributed by atoms with E-state index in [0.717, 1.165) is 6.92 Å². The fourth-order valence-corrected chi connectivity index (χ4v) is 1.47. The van der Waals surface area contributed by atoms with Crippen LogP contribution in [-0.2, 0) is 0 Å². The van der Waals surface area contributed by atoms with Gasteiger partial charge in [0.2, 0.25) is 0 Å². The van der Waals surface area contributed by atoms with Gasteiger partial charge in [0.1, 0.15) is 6.07 Å². The molecule has 0 bridgehead atoms. The van der Waals surface area contributed by atoms with Gasteiger partial charge in [-0.15, -0.1) is 0 Å². The van der Waals surface area contributed by atoms with E-state index in [1.165, 1.54) is 12.1 Å². The number of halogens is 3. The van der Waals surface area contributed by atoms with Gasteiger partial charge in [0.25, 0.3) is 0 Å². The summed E-state index contributed by atoms with van der Waals surface area (Å²) in [5.74, 6) is -1.02. The molecule has 0 unspecified atom stereocenters. The summed E-state index contributed by atoms with van der Waals surface area (Å²) in [6, 6.07) is 4.16. The summed E-state index contributed by atoms with van der Waals surface area (Å²) in [4.78, 5) is 11.2. The maximum absolute atomic E-state index is 12.1. The molecule has 0 amide bonds. The number of carbonyl (C=O) groups is 1. The smallest absolute Gasteiger partial charge is 0.387 e. The second-order valence-corrected chi connectivity index (χ2v) is 3.25. The monoisotopic (exact) mass is 245 g/mol. The molecule has 0 atom stereocenters. The molecule has 16 heavy (non-hydrogen) atoms. The van der Waals surface area contributed by atoms with Crippen LogP contribution in [0.2, 0.25) is 5.02 Å². The first kappa shape index (κ1) is 12.4. The molecule has 1 rings (SSSR count). The molecule has 1 aromatic rings. The van der Waals surface area contributed by atoms with Crippen molar-refractivity contribution in [1.82, 2.24) is 0 Å². The molecular weight excluding hydrogens is 240 g/mol. The number of hydrogen-bond donors (Lipinski definition) is 0. The van der Waals surface area contributed by atoms with Crippen molar-refractivity contribution >= 4 is 17.4 Å². The van der Waals surface area contributed by atoms with Crippen LogP contribution in [0.3, 0.4) is 0 Å². The Morgan fingerprint density at radius 2 is 2.19 bits per heavy atom. The van der Waals surface area contributed by atoms with E-state index in [1.807, 2.05) is 0 Å². The number of rotatable bonds is 3. The van der Waals surface area contributed by atoms with E-state index in [0.29, 0.717) is 0 Å². The standard InChI is InChI=1S/C10H6ClF2NO2/c1-5(15)8-7(11)3-2-6(4-14)9(8)16-10(12)13/h2-3,10H,1H3. The van der Waals surface area contributed by atoms with Gasteiger partial charge in [-0.05, 0) is 19.1 Å². The summed E-state index contributed by atoms with van der Waals surface area (Å²) < 4.78 is 28.4. The van der Waals surface area contributed by atoms with Gasteiger partial charge in [0.15, 0.2) is 11.5 Å². The number of carbonyl (C=O) groups excluding carboxylic acids is 1. The summed E-state index contributed by atoms with van der Waals surface area (Å²) in [7, 11) is 0. The summed E-state index contributed by atoms with van der Waals surface area (Å²) in [6.07, 6.45) is 0. The number of ether oxygens (including phenoxy) is 1. The first-order valence-electron chi connectivity index (χ1n) is 4.15. The Morgan fingerprint density at radius 1 is 1.56 bits per heavy atom. The lowest BCUT2D eigenvalue weighted by atomic mass is 10.1. The van der Waals surface area contributed by atoms with Crippen molar-refractivity contribution in [3.05, 3.63) is 28.3 Å². The lowest BCUT2D eigenvalue weighted by Crippen LogP contribution is -2.08. The van der Waals surface area contributed by atoms with Crippen LogP contribution in [0.15, 0.2) is 12.1 Å². The molecule has 0 aliphatic heterocycles. The van der Waals surface area contributed by atoms with Crippen LogP contribution in [-0.4, -0.2) is 12.4 Å². The highest BCUT2D eigenvalue weighted by atomic mass is 35.5. The van der Waals surface area contributed by atoms with Gasteiger partial charge in [-0.2, -0.15) is 14.0 Å². The Morgan fingerprint density at radius 3 is 2.62 bits per heavy atom. The molecule has 0 saturated heterocycles. The van der Waals surface area contributed by atoms with Gasteiger partial charge in [-0.25, -0.2) is 0 Å². The van der Waals surface area contributed by atoms with Crippen molar-refractivity contribution in [3.8, 4) is 11.8 Å². The Hall–Kier alpha value is -1.67. The Bertz CT molecular complexity index is 469. The molecule has 0 fully saturated rings. The number of nitriles is 1. The van der Waals surface area contributed by atoms with Gasteiger partial charge in [0, 0.05) is 0 Å². The third-order valence-corrected chi connectivity index (χ3v) is 2.10. The average Bonchev–Trinajstić information content (AvgIpc) is 2.16. The van der Waals surface area contributed by atoms with Gasteiger partial charge in [0.05, 0.1) is 16.1 Å². The van der Waals surface area contributed by atoms with E-state index >= 15 is 0 Å².